The predicted molar refractivity (Wildman–Crippen MR) is 94.9 cm³/mol. The molecule has 24 heavy (non-hydrogen) atoms. The molecule has 0 spiro atoms. The highest BCUT2D eigenvalue weighted by atomic mass is 35.5. The third-order valence-electron chi connectivity index (χ3n) is 4.85. The Morgan fingerprint density at radius 3 is 2.71 bits per heavy atom. The number of nitrogens with one attached hydrogen (secondary N) is 2. The monoisotopic (exact) mass is 371 g/mol. The Balaban J connectivity index is 0.00000169. The second-order valence-corrected chi connectivity index (χ2v) is 8.05. The average molecular weight is 372 g/mol. The SMILES string of the molecule is Cl.O=S(=O)(c1c[nH]c2ncccc12)N1CCN(C2CCNC2)CC1. The van der Waals surface area contributed by atoms with Crippen molar-refractivity contribution in [3.63, 3.8) is 0 Å². The van der Waals surface area contributed by atoms with E-state index in [-0.39, 0.29) is 12.4 Å². The maximum atomic E-state index is 12.9. The van der Waals surface area contributed by atoms with Crippen molar-refractivity contribution in [1.82, 2.24) is 24.5 Å². The number of H-pyrrole nitrogens is 1. The fraction of sp³-hybridized carbons (Fsp3) is 0.533. The molecule has 132 valence electrons. The number of aromatic nitrogens is 2. The lowest BCUT2D eigenvalue weighted by Gasteiger charge is -2.37. The molecule has 2 fully saturated rings. The number of nitrogens with zero attached hydrogens (tertiary/aromatic N) is 3. The number of fused-ring (bicyclic) bond motifs is 1. The highest BCUT2D eigenvalue weighted by molar-refractivity contribution is 7.89. The molecule has 9 heteroatoms. The van der Waals surface area contributed by atoms with Gasteiger partial charge in [0.2, 0.25) is 10.0 Å². The van der Waals surface area contributed by atoms with Gasteiger partial charge in [0.25, 0.3) is 0 Å². The van der Waals surface area contributed by atoms with Gasteiger partial charge in [-0.2, -0.15) is 4.31 Å². The van der Waals surface area contributed by atoms with Crippen LogP contribution in [0.1, 0.15) is 6.42 Å². The van der Waals surface area contributed by atoms with Gasteiger partial charge in [-0.3, -0.25) is 4.90 Å². The first-order valence-electron chi connectivity index (χ1n) is 8.03. The summed E-state index contributed by atoms with van der Waals surface area (Å²) in [5.74, 6) is 0. The zero-order valence-electron chi connectivity index (χ0n) is 13.3. The molecule has 2 aliphatic heterocycles. The van der Waals surface area contributed by atoms with Crippen molar-refractivity contribution in [1.29, 1.82) is 0 Å². The fourth-order valence-electron chi connectivity index (χ4n) is 3.54. The van der Waals surface area contributed by atoms with E-state index in [0.717, 1.165) is 32.6 Å². The third-order valence-corrected chi connectivity index (χ3v) is 6.79. The number of hydrogen-bond acceptors (Lipinski definition) is 5. The molecule has 1 unspecified atom stereocenters. The van der Waals surface area contributed by atoms with E-state index in [1.165, 1.54) is 0 Å². The number of halogens is 1. The van der Waals surface area contributed by atoms with Gasteiger partial charge in [0.15, 0.2) is 0 Å². The molecule has 2 N–H and O–H groups in total. The van der Waals surface area contributed by atoms with E-state index in [1.807, 2.05) is 0 Å². The predicted octanol–water partition coefficient (Wildman–Crippen LogP) is 0.653. The van der Waals surface area contributed by atoms with Crippen LogP contribution in [-0.4, -0.2) is 72.9 Å². The zero-order chi connectivity index (χ0) is 15.9. The summed E-state index contributed by atoms with van der Waals surface area (Å²) in [4.78, 5) is 9.86. The van der Waals surface area contributed by atoms with Gasteiger partial charge in [-0.15, -0.1) is 12.4 Å². The van der Waals surface area contributed by atoms with E-state index >= 15 is 0 Å². The van der Waals surface area contributed by atoms with Crippen molar-refractivity contribution in [2.75, 3.05) is 39.3 Å². The number of rotatable bonds is 3. The van der Waals surface area contributed by atoms with Crippen molar-refractivity contribution >= 4 is 33.5 Å². The van der Waals surface area contributed by atoms with Crippen LogP contribution in [0.25, 0.3) is 11.0 Å². The Kier molecular flexibility index (Phi) is 5.12. The lowest BCUT2D eigenvalue weighted by atomic mass is 10.2. The average Bonchev–Trinajstić information content (AvgIpc) is 3.25. The highest BCUT2D eigenvalue weighted by Gasteiger charge is 2.33. The van der Waals surface area contributed by atoms with E-state index in [9.17, 15) is 8.42 Å². The van der Waals surface area contributed by atoms with E-state index < -0.39 is 10.0 Å². The van der Waals surface area contributed by atoms with Crippen molar-refractivity contribution in [3.8, 4) is 0 Å². The van der Waals surface area contributed by atoms with Gasteiger partial charge >= 0.3 is 0 Å². The summed E-state index contributed by atoms with van der Waals surface area (Å²) in [6.07, 6.45) is 4.37. The van der Waals surface area contributed by atoms with Gasteiger partial charge in [0.1, 0.15) is 10.5 Å². The van der Waals surface area contributed by atoms with Gasteiger partial charge in [0, 0.05) is 56.5 Å². The summed E-state index contributed by atoms with van der Waals surface area (Å²) in [6.45, 7) is 4.77. The number of aromatic amines is 1. The van der Waals surface area contributed by atoms with E-state index in [1.54, 1.807) is 28.8 Å². The summed E-state index contributed by atoms with van der Waals surface area (Å²) in [7, 11) is -3.47. The molecule has 2 aliphatic rings. The molecule has 2 aromatic heterocycles. The Labute approximate surface area is 147 Å². The Morgan fingerprint density at radius 2 is 2.00 bits per heavy atom. The van der Waals surface area contributed by atoms with Gasteiger partial charge in [-0.25, -0.2) is 13.4 Å². The molecular weight excluding hydrogens is 350 g/mol. The molecule has 0 radical (unpaired) electrons. The standard InChI is InChI=1S/C15H21N5O2S.ClH/c21-23(22,14-11-18-15-13(14)2-1-4-17-15)20-8-6-19(7-9-20)12-3-5-16-10-12;/h1-2,4,11-12,16H,3,5-10H2,(H,17,18);1H. The van der Waals surface area contributed by atoms with Crippen LogP contribution in [0, 0.1) is 0 Å². The van der Waals surface area contributed by atoms with Crippen molar-refractivity contribution < 1.29 is 8.42 Å². The smallest absolute Gasteiger partial charge is 0.245 e. The van der Waals surface area contributed by atoms with E-state index in [0.29, 0.717) is 35.1 Å². The zero-order valence-corrected chi connectivity index (χ0v) is 14.9. The molecule has 4 heterocycles. The molecule has 0 amide bonds. The summed E-state index contributed by atoms with van der Waals surface area (Å²) < 4.78 is 27.5. The van der Waals surface area contributed by atoms with Crippen molar-refractivity contribution in [3.05, 3.63) is 24.5 Å². The van der Waals surface area contributed by atoms with Crippen molar-refractivity contribution in [2.45, 2.75) is 17.4 Å². The second kappa shape index (κ2) is 6.97. The minimum Gasteiger partial charge on any atom is -0.345 e. The van der Waals surface area contributed by atoms with E-state index in [4.69, 9.17) is 0 Å². The first-order chi connectivity index (χ1) is 11.2. The van der Waals surface area contributed by atoms with Crippen LogP contribution >= 0.6 is 12.4 Å². The molecule has 0 aromatic carbocycles. The van der Waals surface area contributed by atoms with Crippen LogP contribution in [0.4, 0.5) is 0 Å². The molecule has 0 aliphatic carbocycles. The normalized spacial score (nSPS) is 23.4. The second-order valence-electron chi connectivity index (χ2n) is 6.14. The molecule has 0 bridgehead atoms. The largest absolute Gasteiger partial charge is 0.345 e. The molecule has 2 saturated heterocycles. The summed E-state index contributed by atoms with van der Waals surface area (Å²) in [5, 5.41) is 4.03. The Hall–Kier alpha value is -1.19. The van der Waals surface area contributed by atoms with E-state index in [2.05, 4.69) is 20.2 Å². The van der Waals surface area contributed by atoms with Crippen LogP contribution in [0.15, 0.2) is 29.4 Å². The van der Waals surface area contributed by atoms with Gasteiger partial charge in [0.05, 0.1) is 0 Å². The Morgan fingerprint density at radius 1 is 1.21 bits per heavy atom. The first-order valence-corrected chi connectivity index (χ1v) is 9.47. The number of sulfonamides is 1. The lowest BCUT2D eigenvalue weighted by molar-refractivity contribution is 0.145. The minimum atomic E-state index is -3.47. The molecule has 0 saturated carbocycles. The summed E-state index contributed by atoms with van der Waals surface area (Å²) in [6, 6.07) is 4.11. The maximum absolute atomic E-state index is 12.9. The number of piperazine rings is 1. The molecule has 7 nitrogen and oxygen atoms in total. The molecule has 4 rings (SSSR count). The highest BCUT2D eigenvalue weighted by Crippen LogP contribution is 2.25. The quantitative estimate of drug-likeness (QED) is 0.828. The number of pyridine rings is 1. The third kappa shape index (κ3) is 3.04. The summed E-state index contributed by atoms with van der Waals surface area (Å²) >= 11 is 0. The molecular formula is C15H22ClN5O2S. The Bertz CT molecular complexity index is 795. The fourth-order valence-corrected chi connectivity index (χ4v) is 5.12. The van der Waals surface area contributed by atoms with Gasteiger partial charge in [-0.05, 0) is 25.1 Å². The van der Waals surface area contributed by atoms with Crippen LogP contribution in [-0.2, 0) is 10.0 Å². The minimum absolute atomic E-state index is 0. The van der Waals surface area contributed by atoms with Gasteiger partial charge in [-0.1, -0.05) is 0 Å². The van der Waals surface area contributed by atoms with Crippen LogP contribution in [0.2, 0.25) is 0 Å². The molecule has 2 aromatic rings. The number of hydrogen-bond donors (Lipinski definition) is 2. The van der Waals surface area contributed by atoms with Crippen LogP contribution in [0.5, 0.6) is 0 Å². The van der Waals surface area contributed by atoms with Gasteiger partial charge < -0.3 is 10.3 Å². The lowest BCUT2D eigenvalue weighted by Crippen LogP contribution is -2.52. The maximum Gasteiger partial charge on any atom is 0.245 e. The topological polar surface area (TPSA) is 81.3 Å². The van der Waals surface area contributed by atoms with Crippen LogP contribution < -0.4 is 5.32 Å². The van der Waals surface area contributed by atoms with Crippen molar-refractivity contribution in [2.24, 2.45) is 0 Å². The first kappa shape index (κ1) is 17.6. The van der Waals surface area contributed by atoms with Crippen LogP contribution in [0.3, 0.4) is 0 Å². The summed E-state index contributed by atoms with van der Waals surface area (Å²) in [5.41, 5.74) is 0.613. The molecule has 1 atom stereocenters.